The van der Waals surface area contributed by atoms with Crippen molar-refractivity contribution in [2.24, 2.45) is 0 Å². The molecule has 20 heavy (non-hydrogen) atoms. The van der Waals surface area contributed by atoms with Gasteiger partial charge in [-0.05, 0) is 12.1 Å². The summed E-state index contributed by atoms with van der Waals surface area (Å²) in [6, 6.07) is 5.12. The van der Waals surface area contributed by atoms with E-state index in [0.29, 0.717) is 23.7 Å². The summed E-state index contributed by atoms with van der Waals surface area (Å²) in [5, 5.41) is 2.63. The number of fused-ring (bicyclic) bond motifs is 1. The van der Waals surface area contributed by atoms with Crippen molar-refractivity contribution in [1.29, 1.82) is 0 Å². The maximum Gasteiger partial charge on any atom is 0.240 e. The first-order valence-corrected chi connectivity index (χ1v) is 6.17. The van der Waals surface area contributed by atoms with E-state index in [1.165, 1.54) is 11.8 Å². The fourth-order valence-electron chi connectivity index (χ4n) is 1.82. The molecule has 0 saturated carbocycles. The molecule has 2 rings (SSSR count). The van der Waals surface area contributed by atoms with Crippen LogP contribution in [0, 0.1) is 0 Å². The summed E-state index contributed by atoms with van der Waals surface area (Å²) in [5.74, 6) is 0.726. The molecule has 1 heterocycles. The van der Waals surface area contributed by atoms with E-state index < -0.39 is 0 Å². The van der Waals surface area contributed by atoms with Gasteiger partial charge in [0.1, 0.15) is 6.54 Å². The van der Waals surface area contributed by atoms with Gasteiger partial charge in [0, 0.05) is 25.2 Å². The highest BCUT2D eigenvalue weighted by Crippen LogP contribution is 2.35. The van der Waals surface area contributed by atoms with E-state index >= 15 is 0 Å². The number of carbonyl (C=O) groups is 2. The lowest BCUT2D eigenvalue weighted by atomic mass is 10.2. The SMILES string of the molecule is C=CCNC(=O)CN(C(C)=O)c1ccc2c(c1)OCO2. The van der Waals surface area contributed by atoms with Crippen molar-refractivity contribution in [1.82, 2.24) is 5.32 Å². The standard InChI is InChI=1S/C14H16N2O4/c1-3-6-15-14(18)8-16(10(2)17)11-4-5-12-13(7-11)20-9-19-12/h3-5,7H,1,6,8-9H2,2H3,(H,15,18). The average Bonchev–Trinajstić information content (AvgIpc) is 2.89. The van der Waals surface area contributed by atoms with Gasteiger partial charge in [-0.3, -0.25) is 9.59 Å². The Morgan fingerprint density at radius 3 is 2.85 bits per heavy atom. The van der Waals surface area contributed by atoms with Gasteiger partial charge in [-0.25, -0.2) is 0 Å². The maximum atomic E-state index is 11.7. The number of benzene rings is 1. The predicted octanol–water partition coefficient (Wildman–Crippen LogP) is 1.07. The molecule has 1 N–H and O–H groups in total. The maximum absolute atomic E-state index is 11.7. The van der Waals surface area contributed by atoms with E-state index in [0.717, 1.165) is 0 Å². The fraction of sp³-hybridized carbons (Fsp3) is 0.286. The molecule has 6 nitrogen and oxygen atoms in total. The van der Waals surface area contributed by atoms with E-state index in [1.807, 2.05) is 0 Å². The van der Waals surface area contributed by atoms with Crippen molar-refractivity contribution in [3.05, 3.63) is 30.9 Å². The van der Waals surface area contributed by atoms with Crippen LogP contribution in [-0.4, -0.2) is 31.7 Å². The van der Waals surface area contributed by atoms with Gasteiger partial charge in [0.25, 0.3) is 0 Å². The van der Waals surface area contributed by atoms with Crippen LogP contribution >= 0.6 is 0 Å². The summed E-state index contributed by atoms with van der Waals surface area (Å²) in [7, 11) is 0. The van der Waals surface area contributed by atoms with Crippen molar-refractivity contribution in [3.8, 4) is 11.5 Å². The zero-order valence-corrected chi connectivity index (χ0v) is 11.2. The first kappa shape index (κ1) is 13.9. The predicted molar refractivity (Wildman–Crippen MR) is 73.8 cm³/mol. The second kappa shape index (κ2) is 6.10. The first-order chi connectivity index (χ1) is 9.61. The number of ether oxygens (including phenoxy) is 2. The molecule has 2 amide bonds. The Labute approximate surface area is 117 Å². The van der Waals surface area contributed by atoms with Gasteiger partial charge < -0.3 is 19.7 Å². The number of nitrogens with zero attached hydrogens (tertiary/aromatic N) is 1. The van der Waals surface area contributed by atoms with Gasteiger partial charge in [0.2, 0.25) is 18.6 Å². The van der Waals surface area contributed by atoms with E-state index in [9.17, 15) is 9.59 Å². The summed E-state index contributed by atoms with van der Waals surface area (Å²) in [6.45, 7) is 5.41. The molecule has 1 aliphatic heterocycles. The number of hydrogen-bond donors (Lipinski definition) is 1. The Bertz CT molecular complexity index is 542. The molecular weight excluding hydrogens is 260 g/mol. The van der Waals surface area contributed by atoms with Gasteiger partial charge in [-0.2, -0.15) is 0 Å². The molecule has 0 bridgehead atoms. The summed E-state index contributed by atoms with van der Waals surface area (Å²) in [5.41, 5.74) is 0.593. The van der Waals surface area contributed by atoms with Crippen LogP contribution in [0.25, 0.3) is 0 Å². The highest BCUT2D eigenvalue weighted by atomic mass is 16.7. The molecule has 6 heteroatoms. The molecule has 1 aromatic rings. The second-order valence-electron chi connectivity index (χ2n) is 4.24. The molecule has 1 aliphatic rings. The number of nitrogens with one attached hydrogen (secondary N) is 1. The zero-order chi connectivity index (χ0) is 14.5. The normalized spacial score (nSPS) is 11.8. The lowest BCUT2D eigenvalue weighted by Crippen LogP contribution is -2.39. The Balaban J connectivity index is 2.14. The molecule has 1 aromatic carbocycles. The average molecular weight is 276 g/mol. The number of amides is 2. The second-order valence-corrected chi connectivity index (χ2v) is 4.24. The zero-order valence-electron chi connectivity index (χ0n) is 11.2. The highest BCUT2D eigenvalue weighted by molar-refractivity contribution is 5.97. The van der Waals surface area contributed by atoms with Crippen molar-refractivity contribution < 1.29 is 19.1 Å². The minimum Gasteiger partial charge on any atom is -0.454 e. The Morgan fingerprint density at radius 2 is 2.15 bits per heavy atom. The van der Waals surface area contributed by atoms with E-state index in [1.54, 1.807) is 24.3 Å². The van der Waals surface area contributed by atoms with Crippen LogP contribution in [0.2, 0.25) is 0 Å². The summed E-state index contributed by atoms with van der Waals surface area (Å²) in [6.07, 6.45) is 1.58. The summed E-state index contributed by atoms with van der Waals surface area (Å²) in [4.78, 5) is 24.8. The van der Waals surface area contributed by atoms with Crippen molar-refractivity contribution in [2.75, 3.05) is 24.8 Å². The minimum absolute atomic E-state index is 0.0528. The summed E-state index contributed by atoms with van der Waals surface area (Å²) < 4.78 is 10.5. The molecule has 106 valence electrons. The van der Waals surface area contributed by atoms with Crippen LogP contribution in [-0.2, 0) is 9.59 Å². The smallest absolute Gasteiger partial charge is 0.240 e. The molecule has 0 spiro atoms. The molecule has 0 aromatic heterocycles. The van der Waals surface area contributed by atoms with Gasteiger partial charge in [-0.15, -0.1) is 6.58 Å². The third kappa shape index (κ3) is 3.09. The molecule has 0 saturated heterocycles. The lowest BCUT2D eigenvalue weighted by molar-refractivity contribution is -0.122. The van der Waals surface area contributed by atoms with E-state index in [2.05, 4.69) is 11.9 Å². The molecule has 0 unspecified atom stereocenters. The van der Waals surface area contributed by atoms with Crippen LogP contribution in [0.1, 0.15) is 6.92 Å². The summed E-state index contributed by atoms with van der Waals surface area (Å²) >= 11 is 0. The highest BCUT2D eigenvalue weighted by Gasteiger charge is 2.19. The number of anilines is 1. The monoisotopic (exact) mass is 276 g/mol. The van der Waals surface area contributed by atoms with Crippen molar-refractivity contribution >= 4 is 17.5 Å². The molecule has 0 fully saturated rings. The third-order valence-electron chi connectivity index (χ3n) is 2.79. The van der Waals surface area contributed by atoms with E-state index in [-0.39, 0.29) is 25.2 Å². The Morgan fingerprint density at radius 1 is 1.40 bits per heavy atom. The Hall–Kier alpha value is -2.50. The van der Waals surface area contributed by atoms with Gasteiger partial charge in [0.15, 0.2) is 11.5 Å². The minimum atomic E-state index is -0.252. The van der Waals surface area contributed by atoms with E-state index in [4.69, 9.17) is 9.47 Å². The topological polar surface area (TPSA) is 67.9 Å². The third-order valence-corrected chi connectivity index (χ3v) is 2.79. The Kier molecular flexibility index (Phi) is 4.24. The molecule has 0 atom stereocenters. The largest absolute Gasteiger partial charge is 0.454 e. The number of carbonyl (C=O) groups excluding carboxylic acids is 2. The quantitative estimate of drug-likeness (QED) is 0.817. The fourth-order valence-corrected chi connectivity index (χ4v) is 1.82. The number of hydrogen-bond acceptors (Lipinski definition) is 4. The van der Waals surface area contributed by atoms with Crippen LogP contribution in [0.4, 0.5) is 5.69 Å². The van der Waals surface area contributed by atoms with Gasteiger partial charge in [-0.1, -0.05) is 6.08 Å². The van der Waals surface area contributed by atoms with Gasteiger partial charge in [0.05, 0.1) is 0 Å². The van der Waals surface area contributed by atoms with Crippen LogP contribution in [0.5, 0.6) is 11.5 Å². The lowest BCUT2D eigenvalue weighted by Gasteiger charge is -2.20. The van der Waals surface area contributed by atoms with Gasteiger partial charge >= 0.3 is 0 Å². The molecule has 0 radical (unpaired) electrons. The molecular formula is C14H16N2O4. The molecule has 0 aliphatic carbocycles. The van der Waals surface area contributed by atoms with Crippen LogP contribution < -0.4 is 19.7 Å². The number of rotatable bonds is 5. The van der Waals surface area contributed by atoms with Crippen molar-refractivity contribution in [2.45, 2.75) is 6.92 Å². The first-order valence-electron chi connectivity index (χ1n) is 6.17. The van der Waals surface area contributed by atoms with Crippen molar-refractivity contribution in [3.63, 3.8) is 0 Å². The van der Waals surface area contributed by atoms with Crippen LogP contribution in [0.3, 0.4) is 0 Å². The van der Waals surface area contributed by atoms with Crippen LogP contribution in [0.15, 0.2) is 30.9 Å².